The topological polar surface area (TPSA) is 25.8 Å². The number of hydrogen-bond donors (Lipinski definition) is 0. The van der Waals surface area contributed by atoms with E-state index in [0.717, 1.165) is 12.3 Å². The van der Waals surface area contributed by atoms with Crippen molar-refractivity contribution >= 4 is 22.6 Å². The molecule has 0 aromatic carbocycles. The van der Waals surface area contributed by atoms with Crippen molar-refractivity contribution in [3.63, 3.8) is 0 Å². The number of alkyl halides is 3. The summed E-state index contributed by atoms with van der Waals surface area (Å²) in [6.45, 7) is 0. The highest BCUT2D eigenvalue weighted by atomic mass is 35.5. The van der Waals surface area contributed by atoms with Crippen LogP contribution in [0.4, 0.5) is 13.2 Å². The number of hydrogen-bond acceptors (Lipinski definition) is 2. The lowest BCUT2D eigenvalue weighted by Gasteiger charge is -2.06. The summed E-state index contributed by atoms with van der Waals surface area (Å²) >= 11 is 5.58. The number of halogens is 4. The number of rotatable bonds is 0. The first-order valence-corrected chi connectivity index (χ1v) is 4.34. The first-order chi connectivity index (χ1) is 6.97. The lowest BCUT2D eigenvalue weighted by atomic mass is 10.2. The average Bonchev–Trinajstić information content (AvgIpc) is 2.15. The smallest absolute Gasteiger partial charge is 0.236 e. The molecule has 2 aromatic rings. The first kappa shape index (κ1) is 10.2. The minimum atomic E-state index is -4.39. The normalized spacial score (nSPS) is 12.0. The van der Waals surface area contributed by atoms with Gasteiger partial charge in [0.1, 0.15) is 5.15 Å². The van der Waals surface area contributed by atoms with E-state index < -0.39 is 11.7 Å². The zero-order chi connectivity index (χ0) is 11.1. The van der Waals surface area contributed by atoms with Crippen LogP contribution in [0.3, 0.4) is 0 Å². The zero-order valence-corrected chi connectivity index (χ0v) is 7.97. The highest BCUT2D eigenvalue weighted by Gasteiger charge is 2.31. The molecule has 0 bridgehead atoms. The van der Waals surface area contributed by atoms with E-state index in [9.17, 15) is 13.2 Å². The Morgan fingerprint density at radius 2 is 1.93 bits per heavy atom. The summed E-state index contributed by atoms with van der Waals surface area (Å²) in [5.41, 5.74) is -0.588. The summed E-state index contributed by atoms with van der Waals surface area (Å²) in [5.74, 6) is 0. The molecule has 0 fully saturated rings. The maximum Gasteiger partial charge on any atom is 0.417 e. The maximum atomic E-state index is 12.3. The molecule has 0 aliphatic carbocycles. The number of pyridine rings is 2. The summed E-state index contributed by atoms with van der Waals surface area (Å²) in [6.07, 6.45) is -3.65. The number of aromatic nitrogens is 2. The van der Waals surface area contributed by atoms with Crippen LogP contribution in [0.15, 0.2) is 24.4 Å². The maximum absolute atomic E-state index is 12.3. The van der Waals surface area contributed by atoms with Gasteiger partial charge in [0, 0.05) is 11.6 Å². The van der Waals surface area contributed by atoms with Crippen molar-refractivity contribution in [3.05, 3.63) is 35.1 Å². The molecule has 0 radical (unpaired) electrons. The van der Waals surface area contributed by atoms with Crippen molar-refractivity contribution in [1.29, 1.82) is 0 Å². The standard InChI is InChI=1S/C9H4ClF3N2/c10-7-2-1-5-3-6(9(11,12)13)4-14-8(5)15-7/h1-4H. The summed E-state index contributed by atoms with van der Waals surface area (Å²) in [6, 6.07) is 3.87. The molecule has 0 aliphatic heterocycles. The first-order valence-electron chi connectivity index (χ1n) is 3.96. The molecule has 2 nitrogen and oxygen atoms in total. The van der Waals surface area contributed by atoms with Crippen molar-refractivity contribution in [2.24, 2.45) is 0 Å². The third kappa shape index (κ3) is 2.02. The van der Waals surface area contributed by atoms with Crippen molar-refractivity contribution < 1.29 is 13.2 Å². The van der Waals surface area contributed by atoms with Crippen LogP contribution < -0.4 is 0 Å². The summed E-state index contributed by atoms with van der Waals surface area (Å²) in [7, 11) is 0. The molecule has 0 spiro atoms. The van der Waals surface area contributed by atoms with Gasteiger partial charge in [-0.15, -0.1) is 0 Å². The molecule has 2 aromatic heterocycles. The minimum absolute atomic E-state index is 0.203. The zero-order valence-electron chi connectivity index (χ0n) is 7.22. The summed E-state index contributed by atoms with van der Waals surface area (Å²) in [4.78, 5) is 7.38. The van der Waals surface area contributed by atoms with Gasteiger partial charge in [0.25, 0.3) is 0 Å². The Morgan fingerprint density at radius 3 is 2.60 bits per heavy atom. The van der Waals surface area contributed by atoms with E-state index in [1.807, 2.05) is 0 Å². The van der Waals surface area contributed by atoms with E-state index in [2.05, 4.69) is 9.97 Å². The molecular formula is C9H4ClF3N2. The molecule has 0 aliphatic rings. The van der Waals surface area contributed by atoms with Gasteiger partial charge in [0.15, 0.2) is 5.65 Å². The Hall–Kier alpha value is -1.36. The predicted molar refractivity (Wildman–Crippen MR) is 49.6 cm³/mol. The molecular weight excluding hydrogens is 229 g/mol. The highest BCUT2D eigenvalue weighted by Crippen LogP contribution is 2.30. The molecule has 15 heavy (non-hydrogen) atoms. The van der Waals surface area contributed by atoms with Crippen LogP contribution >= 0.6 is 11.6 Å². The molecule has 0 saturated heterocycles. The van der Waals surface area contributed by atoms with Crippen molar-refractivity contribution in [2.45, 2.75) is 6.18 Å². The van der Waals surface area contributed by atoms with Crippen LogP contribution in [-0.4, -0.2) is 9.97 Å². The quantitative estimate of drug-likeness (QED) is 0.652. The lowest BCUT2D eigenvalue weighted by Crippen LogP contribution is -2.05. The van der Waals surface area contributed by atoms with Gasteiger partial charge in [-0.05, 0) is 18.2 Å². The fourth-order valence-electron chi connectivity index (χ4n) is 1.14. The van der Waals surface area contributed by atoms with Crippen LogP contribution in [0.1, 0.15) is 5.56 Å². The molecule has 0 amide bonds. The highest BCUT2D eigenvalue weighted by molar-refractivity contribution is 6.29. The molecule has 0 saturated carbocycles. The van der Waals surface area contributed by atoms with Gasteiger partial charge in [-0.25, -0.2) is 9.97 Å². The van der Waals surface area contributed by atoms with E-state index in [0.29, 0.717) is 5.39 Å². The molecule has 6 heteroatoms. The third-order valence-corrected chi connectivity index (χ3v) is 2.05. The SMILES string of the molecule is FC(F)(F)c1cnc2nc(Cl)ccc2c1. The van der Waals surface area contributed by atoms with Gasteiger partial charge in [-0.3, -0.25) is 0 Å². The van der Waals surface area contributed by atoms with Crippen LogP contribution in [0.5, 0.6) is 0 Å². The minimum Gasteiger partial charge on any atom is -0.236 e. The molecule has 0 atom stereocenters. The van der Waals surface area contributed by atoms with Gasteiger partial charge < -0.3 is 0 Å². The van der Waals surface area contributed by atoms with Gasteiger partial charge in [0.05, 0.1) is 5.56 Å². The van der Waals surface area contributed by atoms with Crippen molar-refractivity contribution in [2.75, 3.05) is 0 Å². The summed E-state index contributed by atoms with van der Waals surface area (Å²) < 4.78 is 36.9. The Morgan fingerprint density at radius 1 is 1.20 bits per heavy atom. The Labute approximate surface area is 87.7 Å². The Bertz CT molecular complexity index is 510. The Balaban J connectivity index is 2.62. The van der Waals surface area contributed by atoms with Gasteiger partial charge in [-0.1, -0.05) is 11.6 Å². The van der Waals surface area contributed by atoms with Crippen molar-refractivity contribution in [3.8, 4) is 0 Å². The molecule has 78 valence electrons. The van der Waals surface area contributed by atoms with Crippen LogP contribution in [-0.2, 0) is 6.18 Å². The number of fused-ring (bicyclic) bond motifs is 1. The fourth-order valence-corrected chi connectivity index (χ4v) is 1.29. The van der Waals surface area contributed by atoms with Gasteiger partial charge >= 0.3 is 6.18 Å². The van der Waals surface area contributed by atoms with Gasteiger partial charge in [-0.2, -0.15) is 13.2 Å². The second-order valence-corrected chi connectivity index (χ2v) is 3.29. The Kier molecular flexibility index (Phi) is 2.26. The van der Waals surface area contributed by atoms with Gasteiger partial charge in [0.2, 0.25) is 0 Å². The number of nitrogens with zero attached hydrogens (tertiary/aromatic N) is 2. The monoisotopic (exact) mass is 232 g/mol. The fraction of sp³-hybridized carbons (Fsp3) is 0.111. The average molecular weight is 233 g/mol. The van der Waals surface area contributed by atoms with E-state index in [1.165, 1.54) is 12.1 Å². The second-order valence-electron chi connectivity index (χ2n) is 2.90. The predicted octanol–water partition coefficient (Wildman–Crippen LogP) is 3.30. The van der Waals surface area contributed by atoms with E-state index in [4.69, 9.17) is 11.6 Å². The summed E-state index contributed by atoms with van der Waals surface area (Å²) in [5, 5.41) is 0.518. The largest absolute Gasteiger partial charge is 0.417 e. The molecule has 2 heterocycles. The molecule has 0 N–H and O–H groups in total. The third-order valence-electron chi connectivity index (χ3n) is 1.84. The van der Waals surface area contributed by atoms with E-state index in [-0.39, 0.29) is 10.8 Å². The van der Waals surface area contributed by atoms with E-state index >= 15 is 0 Å². The van der Waals surface area contributed by atoms with E-state index in [1.54, 1.807) is 0 Å². The van der Waals surface area contributed by atoms with Crippen LogP contribution in [0.25, 0.3) is 11.0 Å². The second kappa shape index (κ2) is 3.34. The molecule has 2 rings (SSSR count). The molecule has 0 unspecified atom stereocenters. The van der Waals surface area contributed by atoms with Crippen LogP contribution in [0.2, 0.25) is 5.15 Å². The van der Waals surface area contributed by atoms with Crippen molar-refractivity contribution in [1.82, 2.24) is 9.97 Å². The lowest BCUT2D eigenvalue weighted by molar-refractivity contribution is -0.137. The van der Waals surface area contributed by atoms with Crippen LogP contribution in [0, 0.1) is 0 Å².